The van der Waals surface area contributed by atoms with Crippen molar-refractivity contribution in [3.63, 3.8) is 0 Å². The van der Waals surface area contributed by atoms with Crippen LogP contribution in [0.15, 0.2) is 97.0 Å². The number of nitrogens with zero attached hydrogens (tertiary/aromatic N) is 4. The van der Waals surface area contributed by atoms with Crippen molar-refractivity contribution in [3.8, 4) is 5.75 Å². The highest BCUT2D eigenvalue weighted by molar-refractivity contribution is 5.64. The maximum atomic E-state index is 5.89. The molecular weight excluding hydrogens is 386 g/mol. The van der Waals surface area contributed by atoms with Gasteiger partial charge in [-0.1, -0.05) is 30.3 Å². The van der Waals surface area contributed by atoms with Crippen LogP contribution in [0, 0.1) is 0 Å². The quantitative estimate of drug-likeness (QED) is 0.691. The first kappa shape index (κ1) is 19.2. The summed E-state index contributed by atoms with van der Waals surface area (Å²) in [5.41, 5.74) is 4.43. The Labute approximate surface area is 182 Å². The van der Waals surface area contributed by atoms with Crippen molar-refractivity contribution < 1.29 is 4.74 Å². The van der Waals surface area contributed by atoms with Crippen molar-refractivity contribution in [2.75, 3.05) is 31.6 Å². The normalized spacial score (nSPS) is 15.4. The molecule has 0 spiro atoms. The van der Waals surface area contributed by atoms with Gasteiger partial charge < -0.3 is 19.9 Å². The number of hydrogen-bond donors (Lipinski definition) is 1. The average molecular weight is 412 g/mol. The van der Waals surface area contributed by atoms with E-state index in [9.17, 15) is 0 Å². The topological polar surface area (TPSA) is 53.5 Å². The van der Waals surface area contributed by atoms with Crippen LogP contribution in [0.5, 0.6) is 5.75 Å². The monoisotopic (exact) mass is 411 g/mol. The highest BCUT2D eigenvalue weighted by Gasteiger charge is 2.28. The first-order valence-corrected chi connectivity index (χ1v) is 10.5. The molecule has 6 nitrogen and oxygen atoms in total. The fourth-order valence-electron chi connectivity index (χ4n) is 4.27. The molecule has 0 atom stereocenters. The number of nitrogens with one attached hydrogen (secondary N) is 1. The van der Waals surface area contributed by atoms with Crippen molar-refractivity contribution in [1.82, 2.24) is 20.2 Å². The predicted octanol–water partition coefficient (Wildman–Crippen LogP) is 3.73. The summed E-state index contributed by atoms with van der Waals surface area (Å²) in [6, 6.07) is 16.4. The number of para-hydroxylation sites is 2. The molecule has 6 heteroatoms. The number of fused-ring (bicyclic) bond motifs is 1. The van der Waals surface area contributed by atoms with Crippen LogP contribution < -0.4 is 15.0 Å². The maximum Gasteiger partial charge on any atom is 0.143 e. The number of dihydropyridines is 1. The number of hydrogen-bond acceptors (Lipinski definition) is 6. The van der Waals surface area contributed by atoms with Crippen molar-refractivity contribution in [2.45, 2.75) is 6.04 Å². The van der Waals surface area contributed by atoms with E-state index in [0.29, 0.717) is 6.61 Å². The molecule has 156 valence electrons. The molecule has 2 aromatic heterocycles. The molecule has 0 radical (unpaired) electrons. The fourth-order valence-corrected chi connectivity index (χ4v) is 4.27. The van der Waals surface area contributed by atoms with Crippen LogP contribution in [0.3, 0.4) is 0 Å². The molecule has 0 aliphatic carbocycles. The third-order valence-corrected chi connectivity index (χ3v) is 5.67. The molecule has 0 bridgehead atoms. The van der Waals surface area contributed by atoms with Crippen molar-refractivity contribution in [3.05, 3.63) is 108 Å². The van der Waals surface area contributed by atoms with Gasteiger partial charge in [0.25, 0.3) is 0 Å². The number of allylic oxidation sites excluding steroid dienone is 1. The first-order chi connectivity index (χ1) is 15.3. The van der Waals surface area contributed by atoms with Crippen molar-refractivity contribution in [1.29, 1.82) is 0 Å². The number of pyridine rings is 2. The predicted molar refractivity (Wildman–Crippen MR) is 122 cm³/mol. The summed E-state index contributed by atoms with van der Waals surface area (Å²) in [5.74, 6) is 1.99. The second-order valence-corrected chi connectivity index (χ2v) is 7.57. The van der Waals surface area contributed by atoms with E-state index in [1.165, 1.54) is 0 Å². The summed E-state index contributed by atoms with van der Waals surface area (Å²) in [5, 5.41) is 3.61. The summed E-state index contributed by atoms with van der Waals surface area (Å²) in [6.45, 7) is 2.23. The molecular formula is C25H25N5O. The average Bonchev–Trinajstić information content (AvgIpc) is 2.85. The smallest absolute Gasteiger partial charge is 0.143 e. The van der Waals surface area contributed by atoms with E-state index in [4.69, 9.17) is 4.74 Å². The maximum absolute atomic E-state index is 5.89. The Kier molecular flexibility index (Phi) is 5.27. The minimum absolute atomic E-state index is 0.0202. The molecule has 31 heavy (non-hydrogen) atoms. The minimum atomic E-state index is -0.0202. The molecule has 0 amide bonds. The van der Waals surface area contributed by atoms with Gasteiger partial charge in [0.15, 0.2) is 0 Å². The molecule has 2 aliphatic rings. The van der Waals surface area contributed by atoms with Gasteiger partial charge in [0.2, 0.25) is 0 Å². The van der Waals surface area contributed by atoms with Crippen LogP contribution >= 0.6 is 0 Å². The number of likely N-dealkylation sites (N-methyl/N-ethyl adjacent to an activating group) is 1. The third-order valence-electron chi connectivity index (χ3n) is 5.67. The number of ether oxygens (including phenoxy) is 1. The molecule has 0 saturated carbocycles. The first-order valence-electron chi connectivity index (χ1n) is 10.5. The summed E-state index contributed by atoms with van der Waals surface area (Å²) in [4.78, 5) is 13.4. The number of aromatic nitrogens is 2. The molecule has 3 aromatic rings. The Morgan fingerprint density at radius 3 is 2.45 bits per heavy atom. The highest BCUT2D eigenvalue weighted by atomic mass is 16.5. The van der Waals surface area contributed by atoms with Crippen LogP contribution in [0.1, 0.15) is 17.2 Å². The zero-order valence-electron chi connectivity index (χ0n) is 17.5. The molecule has 5 rings (SSSR count). The third kappa shape index (κ3) is 3.72. The van der Waals surface area contributed by atoms with E-state index in [1.54, 1.807) is 12.4 Å². The zero-order valence-corrected chi connectivity index (χ0v) is 17.5. The van der Waals surface area contributed by atoms with Crippen LogP contribution in [0.25, 0.3) is 0 Å². The fraction of sp³-hybridized carbons (Fsp3) is 0.200. The Balaban J connectivity index is 1.60. The highest BCUT2D eigenvalue weighted by Crippen LogP contribution is 2.36. The second-order valence-electron chi connectivity index (χ2n) is 7.57. The standard InChI is InChI=1S/C25H25N5O/c1-29(24(19-7-4-12-26-17-19)20-8-5-13-27-18-20)22-10-6-14-28-25(22)30-15-16-31-23-11-3-2-9-21(23)30/h2-13,17-18,24,28H,14-16H2,1H3. The van der Waals surface area contributed by atoms with Gasteiger partial charge in [-0.15, -0.1) is 0 Å². The summed E-state index contributed by atoms with van der Waals surface area (Å²) >= 11 is 0. The largest absolute Gasteiger partial charge is 0.490 e. The molecule has 0 fully saturated rings. The van der Waals surface area contributed by atoms with Gasteiger partial charge in [0, 0.05) is 38.4 Å². The van der Waals surface area contributed by atoms with Gasteiger partial charge in [0.1, 0.15) is 18.2 Å². The Bertz CT molecular complexity index is 1060. The van der Waals surface area contributed by atoms with Crippen LogP contribution in [-0.4, -0.2) is 41.6 Å². The summed E-state index contributed by atoms with van der Waals surface area (Å²) in [7, 11) is 2.13. The van der Waals surface area contributed by atoms with E-state index >= 15 is 0 Å². The summed E-state index contributed by atoms with van der Waals surface area (Å²) in [6.07, 6.45) is 11.8. The SMILES string of the molecule is CN(C1=C(N2CCOc3ccccc32)NCC=C1)C(c1cccnc1)c1cccnc1. The van der Waals surface area contributed by atoms with Crippen LogP contribution in [0.4, 0.5) is 5.69 Å². The van der Waals surface area contributed by atoms with E-state index in [-0.39, 0.29) is 6.04 Å². The van der Waals surface area contributed by atoms with Gasteiger partial charge in [-0.05, 0) is 41.5 Å². The van der Waals surface area contributed by atoms with E-state index in [1.807, 2.05) is 36.7 Å². The number of anilines is 1. The number of rotatable bonds is 5. The van der Waals surface area contributed by atoms with E-state index in [2.05, 4.69) is 68.5 Å². The van der Waals surface area contributed by atoms with Gasteiger partial charge in [0.05, 0.1) is 24.0 Å². The van der Waals surface area contributed by atoms with E-state index < -0.39 is 0 Å². The number of benzene rings is 1. The van der Waals surface area contributed by atoms with Crippen LogP contribution in [-0.2, 0) is 0 Å². The summed E-state index contributed by atoms with van der Waals surface area (Å²) < 4.78 is 5.89. The molecule has 0 unspecified atom stereocenters. The zero-order chi connectivity index (χ0) is 21.0. The second kappa shape index (κ2) is 8.52. The van der Waals surface area contributed by atoms with Gasteiger partial charge >= 0.3 is 0 Å². The lowest BCUT2D eigenvalue weighted by atomic mass is 9.99. The Hall–Kier alpha value is -3.80. The minimum Gasteiger partial charge on any atom is -0.490 e. The Morgan fingerprint density at radius 1 is 1.00 bits per heavy atom. The lowest BCUT2D eigenvalue weighted by Crippen LogP contribution is -2.42. The van der Waals surface area contributed by atoms with Crippen LogP contribution in [0.2, 0.25) is 0 Å². The van der Waals surface area contributed by atoms with E-state index in [0.717, 1.165) is 47.2 Å². The molecule has 1 N–H and O–H groups in total. The van der Waals surface area contributed by atoms with Gasteiger partial charge in [-0.25, -0.2) is 0 Å². The van der Waals surface area contributed by atoms with Gasteiger partial charge in [-0.2, -0.15) is 0 Å². The molecule has 4 heterocycles. The molecule has 0 saturated heterocycles. The molecule has 1 aromatic carbocycles. The molecule has 2 aliphatic heterocycles. The lowest BCUT2D eigenvalue weighted by molar-refractivity contribution is 0.306. The lowest BCUT2D eigenvalue weighted by Gasteiger charge is -2.39. The Morgan fingerprint density at radius 2 is 1.74 bits per heavy atom. The van der Waals surface area contributed by atoms with Crippen molar-refractivity contribution >= 4 is 5.69 Å². The van der Waals surface area contributed by atoms with Crippen molar-refractivity contribution in [2.24, 2.45) is 0 Å². The van der Waals surface area contributed by atoms with Gasteiger partial charge in [-0.3, -0.25) is 9.97 Å².